The number of amides is 1. The van der Waals surface area contributed by atoms with Gasteiger partial charge in [-0.3, -0.25) is 9.69 Å². The van der Waals surface area contributed by atoms with Crippen LogP contribution in [0.1, 0.15) is 47.0 Å². The normalized spacial score (nSPS) is 33.9. The zero-order chi connectivity index (χ0) is 16.3. The summed E-state index contributed by atoms with van der Waals surface area (Å²) in [6, 6.07) is 0. The maximum Gasteiger partial charge on any atom is 0.249 e. The molecule has 2 aliphatic rings. The third-order valence-electron chi connectivity index (χ3n) is 5.08. The molecule has 0 aromatic carbocycles. The SMILES string of the molecule is CC1CC(C)CN(C(C)(C)CNC(=O)[C@@H]2CC[C@H](CN)O2)C1. The van der Waals surface area contributed by atoms with Crippen LogP contribution in [0.2, 0.25) is 0 Å². The highest BCUT2D eigenvalue weighted by Gasteiger charge is 2.35. The van der Waals surface area contributed by atoms with E-state index in [1.54, 1.807) is 0 Å². The van der Waals surface area contributed by atoms with Crippen molar-refractivity contribution in [2.75, 3.05) is 26.2 Å². The van der Waals surface area contributed by atoms with Crippen LogP contribution in [0.25, 0.3) is 0 Å². The number of likely N-dealkylation sites (tertiary alicyclic amines) is 1. The fourth-order valence-corrected chi connectivity index (χ4v) is 3.76. The van der Waals surface area contributed by atoms with Gasteiger partial charge in [0, 0.05) is 31.7 Å². The van der Waals surface area contributed by atoms with Crippen LogP contribution >= 0.6 is 0 Å². The van der Waals surface area contributed by atoms with E-state index in [0.29, 0.717) is 13.1 Å². The molecule has 2 rings (SSSR count). The number of nitrogens with zero attached hydrogens (tertiary/aromatic N) is 1. The standard InChI is InChI=1S/C17H33N3O2/c1-12-7-13(2)10-20(9-12)17(3,4)11-19-16(21)15-6-5-14(8-18)22-15/h12-15H,5-11,18H2,1-4H3,(H,19,21)/t12?,13?,14-,15+/m1/s1. The van der Waals surface area contributed by atoms with Crippen molar-refractivity contribution in [3.05, 3.63) is 0 Å². The van der Waals surface area contributed by atoms with Crippen LogP contribution < -0.4 is 11.1 Å². The Balaban J connectivity index is 1.83. The van der Waals surface area contributed by atoms with Crippen LogP contribution in [-0.4, -0.2) is 54.7 Å². The molecule has 5 heteroatoms. The van der Waals surface area contributed by atoms with E-state index in [0.717, 1.165) is 37.8 Å². The molecule has 2 unspecified atom stereocenters. The molecule has 0 aliphatic carbocycles. The Morgan fingerprint density at radius 3 is 2.45 bits per heavy atom. The van der Waals surface area contributed by atoms with E-state index in [-0.39, 0.29) is 23.7 Å². The van der Waals surface area contributed by atoms with Crippen molar-refractivity contribution < 1.29 is 9.53 Å². The van der Waals surface area contributed by atoms with Gasteiger partial charge >= 0.3 is 0 Å². The smallest absolute Gasteiger partial charge is 0.249 e. The molecule has 2 heterocycles. The summed E-state index contributed by atoms with van der Waals surface area (Å²) in [6.07, 6.45) is 2.71. The Kier molecular flexibility index (Phi) is 5.86. The lowest BCUT2D eigenvalue weighted by Crippen LogP contribution is -2.56. The van der Waals surface area contributed by atoms with Gasteiger partial charge in [0.05, 0.1) is 6.10 Å². The van der Waals surface area contributed by atoms with E-state index < -0.39 is 0 Å². The average Bonchev–Trinajstić information content (AvgIpc) is 2.93. The molecule has 128 valence electrons. The Labute approximate surface area is 134 Å². The highest BCUT2D eigenvalue weighted by molar-refractivity contribution is 5.81. The van der Waals surface area contributed by atoms with Crippen LogP contribution in [0.5, 0.6) is 0 Å². The lowest BCUT2D eigenvalue weighted by atomic mass is 9.88. The van der Waals surface area contributed by atoms with Crippen LogP contribution in [0.3, 0.4) is 0 Å². The molecule has 0 aromatic heterocycles. The van der Waals surface area contributed by atoms with Gasteiger partial charge < -0.3 is 15.8 Å². The van der Waals surface area contributed by atoms with E-state index >= 15 is 0 Å². The molecule has 2 saturated heterocycles. The van der Waals surface area contributed by atoms with Crippen molar-refractivity contribution in [1.82, 2.24) is 10.2 Å². The summed E-state index contributed by atoms with van der Waals surface area (Å²) >= 11 is 0. The molecule has 0 bridgehead atoms. The minimum Gasteiger partial charge on any atom is -0.364 e. The highest BCUT2D eigenvalue weighted by Crippen LogP contribution is 2.27. The number of hydrogen-bond acceptors (Lipinski definition) is 4. The second kappa shape index (κ2) is 7.28. The third-order valence-corrected chi connectivity index (χ3v) is 5.08. The predicted molar refractivity (Wildman–Crippen MR) is 88.6 cm³/mol. The first-order valence-corrected chi connectivity index (χ1v) is 8.70. The summed E-state index contributed by atoms with van der Waals surface area (Å²) in [5.41, 5.74) is 5.58. The number of nitrogens with two attached hydrogens (primary N) is 1. The minimum atomic E-state index is -0.316. The maximum absolute atomic E-state index is 12.3. The average molecular weight is 311 g/mol. The molecule has 22 heavy (non-hydrogen) atoms. The topological polar surface area (TPSA) is 67.6 Å². The number of carbonyl (C=O) groups excluding carboxylic acids is 1. The van der Waals surface area contributed by atoms with E-state index in [9.17, 15) is 4.79 Å². The van der Waals surface area contributed by atoms with E-state index in [1.165, 1.54) is 6.42 Å². The Bertz CT molecular complexity index is 376. The summed E-state index contributed by atoms with van der Waals surface area (Å²) in [7, 11) is 0. The summed E-state index contributed by atoms with van der Waals surface area (Å²) in [6.45, 7) is 12.5. The largest absolute Gasteiger partial charge is 0.364 e. The molecule has 2 fully saturated rings. The Morgan fingerprint density at radius 1 is 1.27 bits per heavy atom. The molecule has 4 atom stereocenters. The second-order valence-corrected chi connectivity index (χ2v) is 7.94. The molecule has 0 saturated carbocycles. The zero-order valence-electron chi connectivity index (χ0n) is 14.6. The van der Waals surface area contributed by atoms with Crippen molar-refractivity contribution in [3.8, 4) is 0 Å². The van der Waals surface area contributed by atoms with Gasteiger partial charge in [-0.2, -0.15) is 0 Å². The summed E-state index contributed by atoms with van der Waals surface area (Å²) in [5.74, 6) is 1.46. The van der Waals surface area contributed by atoms with Gasteiger partial charge in [0.2, 0.25) is 5.91 Å². The van der Waals surface area contributed by atoms with Gasteiger partial charge in [0.1, 0.15) is 6.10 Å². The molecule has 0 aromatic rings. The molecule has 5 nitrogen and oxygen atoms in total. The number of piperidine rings is 1. The minimum absolute atomic E-state index is 0.0159. The fourth-order valence-electron chi connectivity index (χ4n) is 3.76. The number of ether oxygens (including phenoxy) is 1. The number of hydrogen-bond donors (Lipinski definition) is 2. The van der Waals surface area contributed by atoms with Gasteiger partial charge in [0.25, 0.3) is 0 Å². The van der Waals surface area contributed by atoms with Gasteiger partial charge in [-0.05, 0) is 44.9 Å². The van der Waals surface area contributed by atoms with Crippen LogP contribution in [-0.2, 0) is 9.53 Å². The van der Waals surface area contributed by atoms with Crippen molar-refractivity contribution in [1.29, 1.82) is 0 Å². The number of carbonyl (C=O) groups is 1. The van der Waals surface area contributed by atoms with E-state index in [2.05, 4.69) is 37.9 Å². The molecule has 2 aliphatic heterocycles. The summed E-state index contributed by atoms with van der Waals surface area (Å²) in [4.78, 5) is 14.8. The zero-order valence-corrected chi connectivity index (χ0v) is 14.6. The van der Waals surface area contributed by atoms with E-state index in [4.69, 9.17) is 10.5 Å². The molecule has 1 amide bonds. The van der Waals surface area contributed by atoms with Crippen LogP contribution in [0.15, 0.2) is 0 Å². The molecule has 0 spiro atoms. The van der Waals surface area contributed by atoms with Gasteiger partial charge in [0.15, 0.2) is 0 Å². The second-order valence-electron chi connectivity index (χ2n) is 7.94. The molecular formula is C17H33N3O2. The van der Waals surface area contributed by atoms with Crippen LogP contribution in [0.4, 0.5) is 0 Å². The number of rotatable bonds is 5. The van der Waals surface area contributed by atoms with Crippen molar-refractivity contribution in [2.45, 2.75) is 64.7 Å². The first-order valence-electron chi connectivity index (χ1n) is 8.70. The third kappa shape index (κ3) is 4.43. The quantitative estimate of drug-likeness (QED) is 0.804. The van der Waals surface area contributed by atoms with E-state index in [1.807, 2.05) is 0 Å². The van der Waals surface area contributed by atoms with Gasteiger partial charge in [-0.1, -0.05) is 13.8 Å². The van der Waals surface area contributed by atoms with Crippen molar-refractivity contribution in [2.24, 2.45) is 17.6 Å². The fraction of sp³-hybridized carbons (Fsp3) is 0.941. The van der Waals surface area contributed by atoms with Gasteiger partial charge in [-0.25, -0.2) is 0 Å². The molecular weight excluding hydrogens is 278 g/mol. The maximum atomic E-state index is 12.3. The Morgan fingerprint density at radius 2 is 1.91 bits per heavy atom. The van der Waals surface area contributed by atoms with Crippen molar-refractivity contribution in [3.63, 3.8) is 0 Å². The summed E-state index contributed by atoms with van der Waals surface area (Å²) < 4.78 is 5.67. The first kappa shape index (κ1) is 17.7. The van der Waals surface area contributed by atoms with Crippen LogP contribution in [0, 0.1) is 11.8 Å². The predicted octanol–water partition coefficient (Wildman–Crippen LogP) is 1.37. The first-order chi connectivity index (χ1) is 10.3. The number of nitrogens with one attached hydrogen (secondary N) is 1. The van der Waals surface area contributed by atoms with Crippen molar-refractivity contribution >= 4 is 5.91 Å². The monoisotopic (exact) mass is 311 g/mol. The molecule has 0 radical (unpaired) electrons. The Hall–Kier alpha value is -0.650. The highest BCUT2D eigenvalue weighted by atomic mass is 16.5. The lowest BCUT2D eigenvalue weighted by Gasteiger charge is -2.45. The van der Waals surface area contributed by atoms with Gasteiger partial charge in [-0.15, -0.1) is 0 Å². The summed E-state index contributed by atoms with van der Waals surface area (Å²) in [5, 5.41) is 3.09. The lowest BCUT2D eigenvalue weighted by molar-refractivity contribution is -0.132. The molecule has 3 N–H and O–H groups in total.